The monoisotopic (exact) mass is 364 g/mol. The highest BCUT2D eigenvalue weighted by Gasteiger charge is 2.05. The molecular weight excluding hydrogens is 343 g/mol. The normalized spacial score (nSPS) is 10.9. The molecule has 7 heteroatoms. The first-order chi connectivity index (χ1) is 8.02. The van der Waals surface area contributed by atoms with Crippen LogP contribution >= 0.6 is 24.0 Å². The predicted octanol–water partition coefficient (Wildman–Crippen LogP) is 1.20. The van der Waals surface area contributed by atoms with Crippen molar-refractivity contribution in [1.29, 1.82) is 0 Å². The van der Waals surface area contributed by atoms with Crippen LogP contribution in [0.2, 0.25) is 0 Å². The van der Waals surface area contributed by atoms with E-state index in [0.29, 0.717) is 19.0 Å². The van der Waals surface area contributed by atoms with Gasteiger partial charge in [0.1, 0.15) is 5.69 Å². The fourth-order valence-corrected chi connectivity index (χ4v) is 1.21. The van der Waals surface area contributed by atoms with E-state index in [1.807, 2.05) is 20.8 Å². The minimum atomic E-state index is 0. The van der Waals surface area contributed by atoms with Gasteiger partial charge in [0, 0.05) is 6.54 Å². The molecule has 0 spiro atoms. The molecule has 3 N–H and O–H groups in total. The third-order valence-corrected chi connectivity index (χ3v) is 2.17. The maximum Gasteiger partial charge on any atom is 0.189 e. The molecule has 18 heavy (non-hydrogen) atoms. The molecule has 102 valence electrons. The van der Waals surface area contributed by atoms with Crippen molar-refractivity contribution in [1.82, 2.24) is 20.3 Å². The Morgan fingerprint density at radius 3 is 2.67 bits per heavy atom. The summed E-state index contributed by atoms with van der Waals surface area (Å²) >= 11 is 0. The highest BCUT2D eigenvalue weighted by atomic mass is 127. The van der Waals surface area contributed by atoms with Gasteiger partial charge in [-0.3, -0.25) is 0 Å². The molecule has 0 aliphatic rings. The number of nitrogens with two attached hydrogens (primary N) is 1. The van der Waals surface area contributed by atoms with Gasteiger partial charge in [-0.05, 0) is 20.8 Å². The number of hydrogen-bond acceptors (Lipinski definition) is 3. The topological polar surface area (TPSA) is 81.1 Å². The summed E-state index contributed by atoms with van der Waals surface area (Å²) in [7, 11) is 0. The van der Waals surface area contributed by atoms with Crippen LogP contribution in [0, 0.1) is 6.92 Å². The van der Waals surface area contributed by atoms with E-state index in [4.69, 9.17) is 5.73 Å². The number of guanidine groups is 1. The van der Waals surface area contributed by atoms with Gasteiger partial charge < -0.3 is 11.1 Å². The van der Waals surface area contributed by atoms with E-state index in [2.05, 4.69) is 27.1 Å². The van der Waals surface area contributed by atoms with Gasteiger partial charge in [-0.15, -0.1) is 24.0 Å². The van der Waals surface area contributed by atoms with E-state index >= 15 is 0 Å². The number of aliphatic imine (C=N–C) groups is 1. The molecule has 1 heterocycles. The number of aromatic nitrogens is 3. The lowest BCUT2D eigenvalue weighted by Crippen LogP contribution is -2.32. The second kappa shape index (κ2) is 8.06. The first-order valence-corrected chi connectivity index (χ1v) is 5.61. The summed E-state index contributed by atoms with van der Waals surface area (Å²) in [5.41, 5.74) is 8.46. The quantitative estimate of drug-likeness (QED) is 0.356. The van der Waals surface area contributed by atoms with Gasteiger partial charge in [0.2, 0.25) is 0 Å². The van der Waals surface area contributed by atoms with E-state index in [-0.39, 0.29) is 24.0 Å². The Kier molecular flexibility index (Phi) is 7.56. The van der Waals surface area contributed by atoms with E-state index in [9.17, 15) is 0 Å². The Labute approximate surface area is 125 Å². The Bertz CT molecular complexity index is 423. The summed E-state index contributed by atoms with van der Waals surface area (Å²) in [6.07, 6.45) is 0. The fourth-order valence-electron chi connectivity index (χ4n) is 1.21. The largest absolute Gasteiger partial charge is 0.370 e. The van der Waals surface area contributed by atoms with Crippen LogP contribution < -0.4 is 11.1 Å². The number of nitrogens with one attached hydrogen (secondary N) is 1. The molecule has 1 aromatic rings. The molecular formula is C11H21IN6. The van der Waals surface area contributed by atoms with Crippen molar-refractivity contribution < 1.29 is 0 Å². The molecule has 1 aromatic heterocycles. The molecule has 0 bridgehead atoms. The van der Waals surface area contributed by atoms with Crippen molar-refractivity contribution in [3.8, 4) is 0 Å². The predicted molar refractivity (Wildman–Crippen MR) is 84.0 cm³/mol. The van der Waals surface area contributed by atoms with E-state index in [1.165, 1.54) is 0 Å². The van der Waals surface area contributed by atoms with Gasteiger partial charge in [-0.1, -0.05) is 12.2 Å². The van der Waals surface area contributed by atoms with Crippen LogP contribution in [-0.2, 0) is 13.1 Å². The molecule has 0 atom stereocenters. The van der Waals surface area contributed by atoms with Crippen molar-refractivity contribution in [2.45, 2.75) is 33.9 Å². The minimum Gasteiger partial charge on any atom is -0.370 e. The van der Waals surface area contributed by atoms with Crippen molar-refractivity contribution in [3.05, 3.63) is 23.5 Å². The zero-order chi connectivity index (χ0) is 12.8. The van der Waals surface area contributed by atoms with Crippen LogP contribution in [0.15, 0.2) is 17.1 Å². The van der Waals surface area contributed by atoms with Crippen LogP contribution in [0.3, 0.4) is 0 Å². The lowest BCUT2D eigenvalue weighted by molar-refractivity contribution is 0.561. The van der Waals surface area contributed by atoms with Crippen molar-refractivity contribution in [2.24, 2.45) is 10.7 Å². The number of halogens is 1. The highest BCUT2D eigenvalue weighted by Crippen LogP contribution is 2.02. The zero-order valence-corrected chi connectivity index (χ0v) is 13.4. The molecule has 0 radical (unpaired) electrons. The number of nitrogens with zero attached hydrogens (tertiary/aromatic N) is 4. The van der Waals surface area contributed by atoms with Crippen LogP contribution in [0.4, 0.5) is 0 Å². The summed E-state index contributed by atoms with van der Waals surface area (Å²) in [5.74, 6) is 0.401. The van der Waals surface area contributed by atoms with E-state index in [0.717, 1.165) is 23.5 Å². The Hall–Kier alpha value is -1.12. The average Bonchev–Trinajstić information content (AvgIpc) is 2.64. The standard InChI is InChI=1S/C11H20N6.HI/c1-5-17-15-9(4)10(16-17)7-14-11(12)13-6-8(2)3;/h2,5-7H2,1,3-4H3,(H3,12,13,14);1H. The second-order valence-electron chi connectivity index (χ2n) is 3.93. The number of aryl methyl sites for hydroxylation is 2. The first-order valence-electron chi connectivity index (χ1n) is 5.61. The van der Waals surface area contributed by atoms with Crippen LogP contribution in [0.1, 0.15) is 25.2 Å². The molecule has 0 saturated carbocycles. The molecule has 0 aliphatic heterocycles. The van der Waals surface area contributed by atoms with Gasteiger partial charge in [-0.2, -0.15) is 15.0 Å². The summed E-state index contributed by atoms with van der Waals surface area (Å²) in [5, 5.41) is 11.5. The lowest BCUT2D eigenvalue weighted by Gasteiger charge is -2.03. The lowest BCUT2D eigenvalue weighted by atomic mass is 10.3. The summed E-state index contributed by atoms with van der Waals surface area (Å²) in [6.45, 7) is 11.5. The van der Waals surface area contributed by atoms with Gasteiger partial charge in [0.25, 0.3) is 0 Å². The molecule has 0 aromatic carbocycles. The highest BCUT2D eigenvalue weighted by molar-refractivity contribution is 14.0. The molecule has 0 aliphatic carbocycles. The fraction of sp³-hybridized carbons (Fsp3) is 0.545. The molecule has 0 unspecified atom stereocenters. The minimum absolute atomic E-state index is 0. The van der Waals surface area contributed by atoms with Gasteiger partial charge in [-0.25, -0.2) is 4.99 Å². The van der Waals surface area contributed by atoms with Crippen LogP contribution in [-0.4, -0.2) is 27.5 Å². The molecule has 1 rings (SSSR count). The SMILES string of the molecule is C=C(C)CNC(N)=NCc1nn(CC)nc1C.I. The number of rotatable bonds is 5. The molecule has 0 saturated heterocycles. The third kappa shape index (κ3) is 5.48. The first kappa shape index (κ1) is 16.9. The average molecular weight is 364 g/mol. The van der Waals surface area contributed by atoms with Crippen molar-refractivity contribution >= 4 is 29.9 Å². The number of hydrogen-bond donors (Lipinski definition) is 2. The molecule has 6 nitrogen and oxygen atoms in total. The van der Waals surface area contributed by atoms with Gasteiger partial charge in [0.15, 0.2) is 5.96 Å². The van der Waals surface area contributed by atoms with E-state index in [1.54, 1.807) is 4.80 Å². The smallest absolute Gasteiger partial charge is 0.189 e. The Morgan fingerprint density at radius 1 is 1.50 bits per heavy atom. The maximum absolute atomic E-state index is 5.70. The van der Waals surface area contributed by atoms with Crippen molar-refractivity contribution in [3.63, 3.8) is 0 Å². The van der Waals surface area contributed by atoms with E-state index < -0.39 is 0 Å². The summed E-state index contributed by atoms with van der Waals surface area (Å²) in [6, 6.07) is 0. The third-order valence-electron chi connectivity index (χ3n) is 2.17. The van der Waals surface area contributed by atoms with Gasteiger partial charge >= 0.3 is 0 Å². The Balaban J connectivity index is 0.00000289. The summed E-state index contributed by atoms with van der Waals surface area (Å²) < 4.78 is 0. The molecule has 0 amide bonds. The summed E-state index contributed by atoms with van der Waals surface area (Å²) in [4.78, 5) is 5.85. The van der Waals surface area contributed by atoms with Crippen molar-refractivity contribution in [2.75, 3.05) is 6.54 Å². The Morgan fingerprint density at radius 2 is 2.17 bits per heavy atom. The maximum atomic E-state index is 5.70. The van der Waals surface area contributed by atoms with Crippen LogP contribution in [0.25, 0.3) is 0 Å². The van der Waals surface area contributed by atoms with Gasteiger partial charge in [0.05, 0.1) is 18.8 Å². The second-order valence-corrected chi connectivity index (χ2v) is 3.93. The molecule has 0 fully saturated rings. The zero-order valence-electron chi connectivity index (χ0n) is 11.1. The van der Waals surface area contributed by atoms with Crippen LogP contribution in [0.5, 0.6) is 0 Å².